The van der Waals surface area contributed by atoms with E-state index in [0.717, 1.165) is 19.5 Å². The molecule has 3 nitrogen and oxygen atoms in total. The van der Waals surface area contributed by atoms with Crippen molar-refractivity contribution in [2.45, 2.75) is 39.8 Å². The van der Waals surface area contributed by atoms with Gasteiger partial charge in [-0.3, -0.25) is 4.68 Å². The van der Waals surface area contributed by atoms with Gasteiger partial charge in [0.05, 0.1) is 6.20 Å². The Morgan fingerprint density at radius 3 is 2.68 bits per heavy atom. The predicted molar refractivity (Wildman–Crippen MR) is 80.0 cm³/mol. The van der Waals surface area contributed by atoms with Crippen LogP contribution in [-0.4, -0.2) is 16.3 Å². The minimum Gasteiger partial charge on any atom is -0.310 e. The molecule has 1 aromatic heterocycles. The first-order valence-electron chi connectivity index (χ1n) is 7.14. The fraction of sp³-hybridized carbons (Fsp3) is 0.438. The highest BCUT2D eigenvalue weighted by Crippen LogP contribution is 2.24. The maximum Gasteiger partial charge on any atom is 0.0568 e. The molecule has 1 N–H and O–H groups in total. The average Bonchev–Trinajstić information content (AvgIpc) is 2.94. The van der Waals surface area contributed by atoms with Crippen LogP contribution in [0.15, 0.2) is 36.7 Å². The summed E-state index contributed by atoms with van der Waals surface area (Å²) in [5.74, 6) is 0. The highest BCUT2D eigenvalue weighted by Gasteiger charge is 2.09. The zero-order valence-electron chi connectivity index (χ0n) is 12.1. The molecule has 0 saturated heterocycles. The van der Waals surface area contributed by atoms with Crippen molar-refractivity contribution in [3.63, 3.8) is 0 Å². The lowest BCUT2D eigenvalue weighted by Crippen LogP contribution is -2.19. The normalized spacial score (nSPS) is 12.6. The van der Waals surface area contributed by atoms with Gasteiger partial charge in [-0.1, -0.05) is 32.0 Å². The molecule has 0 aliphatic heterocycles. The molecule has 0 aliphatic rings. The lowest BCUT2D eigenvalue weighted by Gasteiger charge is -2.16. The fourth-order valence-electron chi connectivity index (χ4n) is 2.36. The van der Waals surface area contributed by atoms with E-state index in [2.05, 4.69) is 61.6 Å². The maximum atomic E-state index is 4.34. The maximum absolute atomic E-state index is 4.34. The van der Waals surface area contributed by atoms with Gasteiger partial charge in [-0.2, -0.15) is 5.10 Å². The quantitative estimate of drug-likeness (QED) is 0.856. The summed E-state index contributed by atoms with van der Waals surface area (Å²) in [7, 11) is 0. The van der Waals surface area contributed by atoms with Gasteiger partial charge in [0, 0.05) is 24.3 Å². The molecule has 1 unspecified atom stereocenters. The summed E-state index contributed by atoms with van der Waals surface area (Å²) >= 11 is 0. The van der Waals surface area contributed by atoms with Crippen LogP contribution in [0.25, 0.3) is 11.1 Å². The zero-order valence-corrected chi connectivity index (χ0v) is 12.1. The third-order valence-electron chi connectivity index (χ3n) is 3.44. The first kappa shape index (κ1) is 13.8. The van der Waals surface area contributed by atoms with E-state index in [0.29, 0.717) is 6.04 Å². The topological polar surface area (TPSA) is 29.9 Å². The molecule has 1 atom stereocenters. The van der Waals surface area contributed by atoms with E-state index in [4.69, 9.17) is 0 Å². The molecular weight excluding hydrogens is 234 g/mol. The van der Waals surface area contributed by atoms with Crippen LogP contribution in [0.1, 0.15) is 38.8 Å². The van der Waals surface area contributed by atoms with Crippen LogP contribution in [-0.2, 0) is 6.54 Å². The SMILES string of the molecule is CCNC(CC)c1cccc(-c2cnn(CC)c2)c1. The van der Waals surface area contributed by atoms with E-state index in [1.807, 2.05) is 10.9 Å². The first-order chi connectivity index (χ1) is 9.28. The third-order valence-corrected chi connectivity index (χ3v) is 3.44. The third kappa shape index (κ3) is 3.24. The molecule has 1 aromatic carbocycles. The second-order valence-corrected chi connectivity index (χ2v) is 4.73. The van der Waals surface area contributed by atoms with Gasteiger partial charge in [0.2, 0.25) is 0 Å². The summed E-state index contributed by atoms with van der Waals surface area (Å²) in [6.45, 7) is 8.38. The summed E-state index contributed by atoms with van der Waals surface area (Å²) in [5.41, 5.74) is 3.79. The molecule has 3 heteroatoms. The number of nitrogens with zero attached hydrogens (tertiary/aromatic N) is 2. The largest absolute Gasteiger partial charge is 0.310 e. The second-order valence-electron chi connectivity index (χ2n) is 4.73. The monoisotopic (exact) mass is 257 g/mol. The van der Waals surface area contributed by atoms with Gasteiger partial charge in [-0.05, 0) is 37.1 Å². The zero-order chi connectivity index (χ0) is 13.7. The summed E-state index contributed by atoms with van der Waals surface area (Å²) in [6.07, 6.45) is 5.15. The molecule has 2 aromatic rings. The van der Waals surface area contributed by atoms with Gasteiger partial charge in [0.15, 0.2) is 0 Å². The summed E-state index contributed by atoms with van der Waals surface area (Å²) in [4.78, 5) is 0. The Labute approximate surface area is 115 Å². The molecule has 0 radical (unpaired) electrons. The van der Waals surface area contributed by atoms with Crippen molar-refractivity contribution in [1.82, 2.24) is 15.1 Å². The molecule has 0 aliphatic carbocycles. The summed E-state index contributed by atoms with van der Waals surface area (Å²) in [6, 6.07) is 9.19. The van der Waals surface area contributed by atoms with E-state index < -0.39 is 0 Å². The van der Waals surface area contributed by atoms with Crippen LogP contribution in [0.3, 0.4) is 0 Å². The highest BCUT2D eigenvalue weighted by atomic mass is 15.3. The molecule has 102 valence electrons. The van der Waals surface area contributed by atoms with Gasteiger partial charge in [-0.25, -0.2) is 0 Å². The lowest BCUT2D eigenvalue weighted by molar-refractivity contribution is 0.537. The van der Waals surface area contributed by atoms with Gasteiger partial charge < -0.3 is 5.32 Å². The Morgan fingerprint density at radius 1 is 1.21 bits per heavy atom. The number of aromatic nitrogens is 2. The summed E-state index contributed by atoms with van der Waals surface area (Å²) in [5, 5.41) is 7.87. The van der Waals surface area contributed by atoms with Crippen molar-refractivity contribution < 1.29 is 0 Å². The van der Waals surface area contributed by atoms with Crippen molar-refractivity contribution >= 4 is 0 Å². The Kier molecular flexibility index (Phi) is 4.74. The molecule has 19 heavy (non-hydrogen) atoms. The fourth-order valence-corrected chi connectivity index (χ4v) is 2.36. The van der Waals surface area contributed by atoms with E-state index in [-0.39, 0.29) is 0 Å². The van der Waals surface area contributed by atoms with Crippen LogP contribution >= 0.6 is 0 Å². The average molecular weight is 257 g/mol. The Bertz CT molecular complexity index is 516. The van der Waals surface area contributed by atoms with Crippen LogP contribution < -0.4 is 5.32 Å². The first-order valence-corrected chi connectivity index (χ1v) is 7.14. The van der Waals surface area contributed by atoms with Crippen molar-refractivity contribution in [3.05, 3.63) is 42.2 Å². The Balaban J connectivity index is 2.27. The van der Waals surface area contributed by atoms with E-state index in [1.54, 1.807) is 0 Å². The highest BCUT2D eigenvalue weighted by molar-refractivity contribution is 5.62. The molecule has 2 rings (SSSR count). The smallest absolute Gasteiger partial charge is 0.0568 e. The number of aryl methyl sites for hydroxylation is 1. The van der Waals surface area contributed by atoms with Crippen LogP contribution in [0.5, 0.6) is 0 Å². The molecule has 1 heterocycles. The molecule has 0 bridgehead atoms. The van der Waals surface area contributed by atoms with Crippen molar-refractivity contribution in [2.75, 3.05) is 6.54 Å². The van der Waals surface area contributed by atoms with Gasteiger partial charge >= 0.3 is 0 Å². The molecule has 0 amide bonds. The van der Waals surface area contributed by atoms with Gasteiger partial charge in [0.25, 0.3) is 0 Å². The summed E-state index contributed by atoms with van der Waals surface area (Å²) < 4.78 is 1.96. The van der Waals surface area contributed by atoms with Crippen molar-refractivity contribution in [3.8, 4) is 11.1 Å². The minimum atomic E-state index is 0.436. The number of benzene rings is 1. The predicted octanol–water partition coefficient (Wildman–Crippen LogP) is 3.63. The number of nitrogens with one attached hydrogen (secondary N) is 1. The minimum absolute atomic E-state index is 0.436. The molecular formula is C16H23N3. The lowest BCUT2D eigenvalue weighted by atomic mass is 10.00. The van der Waals surface area contributed by atoms with E-state index >= 15 is 0 Å². The molecule has 0 saturated carbocycles. The van der Waals surface area contributed by atoms with Crippen LogP contribution in [0, 0.1) is 0 Å². The van der Waals surface area contributed by atoms with Gasteiger partial charge in [0.1, 0.15) is 0 Å². The van der Waals surface area contributed by atoms with E-state index in [1.165, 1.54) is 16.7 Å². The Morgan fingerprint density at radius 2 is 2.05 bits per heavy atom. The number of rotatable bonds is 6. The number of hydrogen-bond donors (Lipinski definition) is 1. The Hall–Kier alpha value is -1.61. The van der Waals surface area contributed by atoms with E-state index in [9.17, 15) is 0 Å². The standard InChI is InChI=1S/C16H23N3/c1-4-16(17-5-2)14-9-7-8-13(10-14)15-11-18-19(6-3)12-15/h7-12,16-17H,4-6H2,1-3H3. The van der Waals surface area contributed by atoms with Crippen LogP contribution in [0.2, 0.25) is 0 Å². The number of hydrogen-bond acceptors (Lipinski definition) is 2. The van der Waals surface area contributed by atoms with Crippen molar-refractivity contribution in [1.29, 1.82) is 0 Å². The molecule has 0 spiro atoms. The van der Waals surface area contributed by atoms with Crippen molar-refractivity contribution in [2.24, 2.45) is 0 Å². The van der Waals surface area contributed by atoms with Crippen LogP contribution in [0.4, 0.5) is 0 Å². The second kappa shape index (κ2) is 6.53. The molecule has 0 fully saturated rings. The van der Waals surface area contributed by atoms with Gasteiger partial charge in [-0.15, -0.1) is 0 Å².